The van der Waals surface area contributed by atoms with E-state index in [1.54, 1.807) is 20.8 Å². The van der Waals surface area contributed by atoms with Crippen LogP contribution in [0.2, 0.25) is 0 Å². The van der Waals surface area contributed by atoms with Crippen LogP contribution in [0.25, 0.3) is 0 Å². The van der Waals surface area contributed by atoms with Gasteiger partial charge in [-0.15, -0.1) is 0 Å². The van der Waals surface area contributed by atoms with Crippen molar-refractivity contribution in [2.24, 2.45) is 0 Å². The molecule has 0 bridgehead atoms. The average Bonchev–Trinajstić information content (AvgIpc) is 2.63. The van der Waals surface area contributed by atoms with Crippen LogP contribution in [0, 0.1) is 6.92 Å². The summed E-state index contributed by atoms with van der Waals surface area (Å²) in [6, 6.07) is 5.76. The maximum absolute atomic E-state index is 13.5. The molecule has 32 heavy (non-hydrogen) atoms. The molecule has 0 aliphatic carbocycles. The smallest absolute Gasteiger partial charge is 0.408 e. The second-order valence-corrected chi connectivity index (χ2v) is 10.3. The fraction of sp³-hybridized carbons (Fsp3) is 0.625. The highest BCUT2D eigenvalue weighted by Gasteiger charge is 2.36. The van der Waals surface area contributed by atoms with Crippen molar-refractivity contribution in [1.82, 2.24) is 15.5 Å². The van der Waals surface area contributed by atoms with E-state index < -0.39 is 29.3 Å². The predicted octanol–water partition coefficient (Wildman–Crippen LogP) is 4.01. The van der Waals surface area contributed by atoms with Crippen LogP contribution in [-0.4, -0.2) is 52.3 Å². The minimum Gasteiger partial charge on any atom is -0.444 e. The Morgan fingerprint density at radius 1 is 1.06 bits per heavy atom. The molecule has 1 rings (SSSR count). The van der Waals surface area contributed by atoms with E-state index in [4.69, 9.17) is 4.74 Å². The van der Waals surface area contributed by atoms with E-state index in [0.29, 0.717) is 18.5 Å². The van der Waals surface area contributed by atoms with E-state index in [1.165, 1.54) is 4.90 Å². The Balaban J connectivity index is 3.32. The number of carbonyl (C=O) groups excluding carboxylic acids is 3. The van der Waals surface area contributed by atoms with Gasteiger partial charge in [0.25, 0.3) is 0 Å². The molecular weight excluding hydrogens is 426 g/mol. The van der Waals surface area contributed by atoms with E-state index >= 15 is 0 Å². The summed E-state index contributed by atoms with van der Waals surface area (Å²) < 4.78 is 5.30. The number of ether oxygens (including phenoxy) is 1. The zero-order chi connectivity index (χ0) is 24.7. The summed E-state index contributed by atoms with van der Waals surface area (Å²) in [4.78, 5) is 40.7. The molecule has 1 aromatic rings. The van der Waals surface area contributed by atoms with Gasteiger partial charge >= 0.3 is 6.09 Å². The number of benzene rings is 1. The van der Waals surface area contributed by atoms with Crippen molar-refractivity contribution in [2.45, 2.75) is 85.0 Å². The van der Waals surface area contributed by atoms with E-state index in [-0.39, 0.29) is 17.6 Å². The highest BCUT2D eigenvalue weighted by molar-refractivity contribution is 7.80. The van der Waals surface area contributed by atoms with Gasteiger partial charge in [0.15, 0.2) is 0 Å². The topological polar surface area (TPSA) is 87.7 Å². The quantitative estimate of drug-likeness (QED) is 0.506. The second kappa shape index (κ2) is 11.6. The first-order valence-corrected chi connectivity index (χ1v) is 11.6. The third kappa shape index (κ3) is 9.10. The van der Waals surface area contributed by atoms with Gasteiger partial charge in [-0.2, -0.15) is 12.6 Å². The lowest BCUT2D eigenvalue weighted by Crippen LogP contribution is -2.55. The number of carbonyl (C=O) groups is 3. The second-order valence-electron chi connectivity index (χ2n) is 9.97. The molecule has 2 atom stereocenters. The summed E-state index contributed by atoms with van der Waals surface area (Å²) in [6.45, 7) is 15.2. The van der Waals surface area contributed by atoms with Crippen LogP contribution in [0.3, 0.4) is 0 Å². The number of aryl methyl sites for hydroxylation is 1. The first kappa shape index (κ1) is 27.8. The van der Waals surface area contributed by atoms with Crippen molar-refractivity contribution in [1.29, 1.82) is 0 Å². The average molecular weight is 466 g/mol. The Labute approximate surface area is 198 Å². The van der Waals surface area contributed by atoms with Crippen LogP contribution in [0.15, 0.2) is 24.3 Å². The number of rotatable bonds is 8. The van der Waals surface area contributed by atoms with E-state index in [1.807, 2.05) is 58.9 Å². The summed E-state index contributed by atoms with van der Waals surface area (Å²) in [5.41, 5.74) is 0.582. The Bertz CT molecular complexity index is 782. The Morgan fingerprint density at radius 3 is 2.06 bits per heavy atom. The monoisotopic (exact) mass is 465 g/mol. The molecule has 0 aliphatic rings. The van der Waals surface area contributed by atoms with E-state index in [2.05, 4.69) is 23.3 Å². The molecule has 8 heteroatoms. The molecular formula is C24H39N3O4S. The van der Waals surface area contributed by atoms with Crippen molar-refractivity contribution >= 4 is 30.5 Å². The van der Waals surface area contributed by atoms with Crippen LogP contribution in [0.5, 0.6) is 0 Å². The number of nitrogens with one attached hydrogen (secondary N) is 2. The molecule has 0 saturated carbocycles. The van der Waals surface area contributed by atoms with Crippen molar-refractivity contribution in [3.63, 3.8) is 0 Å². The van der Waals surface area contributed by atoms with Gasteiger partial charge in [0.2, 0.25) is 11.8 Å². The zero-order valence-corrected chi connectivity index (χ0v) is 21.5. The molecule has 0 aromatic heterocycles. The maximum atomic E-state index is 13.5. The van der Waals surface area contributed by atoms with Crippen molar-refractivity contribution < 1.29 is 19.1 Å². The van der Waals surface area contributed by atoms with Crippen LogP contribution in [0.4, 0.5) is 4.79 Å². The van der Waals surface area contributed by atoms with Crippen LogP contribution < -0.4 is 10.6 Å². The lowest BCUT2D eigenvalue weighted by atomic mass is 9.99. The normalized spacial score (nSPS) is 13.7. The Morgan fingerprint density at radius 2 is 1.62 bits per heavy atom. The molecule has 1 aromatic carbocycles. The molecule has 3 amide bonds. The first-order chi connectivity index (χ1) is 14.7. The molecule has 0 radical (unpaired) electrons. The molecule has 180 valence electrons. The third-order valence-electron chi connectivity index (χ3n) is 4.37. The number of alkyl carbamates (subject to hydrolysis) is 1. The number of thiol groups is 1. The zero-order valence-electron chi connectivity index (χ0n) is 20.6. The molecule has 0 fully saturated rings. The van der Waals surface area contributed by atoms with Crippen molar-refractivity contribution in [3.8, 4) is 0 Å². The molecule has 0 aliphatic heterocycles. The third-order valence-corrected chi connectivity index (χ3v) is 4.74. The van der Waals surface area contributed by atoms with Gasteiger partial charge in [-0.05, 0) is 60.5 Å². The van der Waals surface area contributed by atoms with Crippen molar-refractivity contribution in [3.05, 3.63) is 35.4 Å². The largest absolute Gasteiger partial charge is 0.444 e. The SMILES string of the molecule is CCCN(C(=O)C(CS)NC(=O)OC(C)(C)C)C(C(=O)NC(C)(C)C)c1ccc(C)cc1. The lowest BCUT2D eigenvalue weighted by Gasteiger charge is -2.35. The molecule has 0 heterocycles. The summed E-state index contributed by atoms with van der Waals surface area (Å²) in [7, 11) is 0. The van der Waals surface area contributed by atoms with Gasteiger partial charge in [-0.1, -0.05) is 36.8 Å². The van der Waals surface area contributed by atoms with Crippen LogP contribution in [-0.2, 0) is 14.3 Å². The number of nitrogens with zero attached hydrogens (tertiary/aromatic N) is 1. The minimum absolute atomic E-state index is 0.0692. The Hall–Kier alpha value is -2.22. The molecule has 2 unspecified atom stereocenters. The molecule has 0 spiro atoms. The maximum Gasteiger partial charge on any atom is 0.408 e. The first-order valence-electron chi connectivity index (χ1n) is 11.0. The number of hydrogen-bond donors (Lipinski definition) is 3. The molecule has 2 N–H and O–H groups in total. The van der Waals surface area contributed by atoms with Gasteiger partial charge in [0, 0.05) is 17.8 Å². The van der Waals surface area contributed by atoms with Gasteiger partial charge in [0.1, 0.15) is 17.7 Å². The van der Waals surface area contributed by atoms with Crippen LogP contribution >= 0.6 is 12.6 Å². The Kier molecular flexibility index (Phi) is 10.1. The number of hydrogen-bond acceptors (Lipinski definition) is 5. The fourth-order valence-corrected chi connectivity index (χ4v) is 3.35. The highest BCUT2D eigenvalue weighted by atomic mass is 32.1. The van der Waals surface area contributed by atoms with Crippen LogP contribution in [0.1, 0.15) is 72.1 Å². The summed E-state index contributed by atoms with van der Waals surface area (Å²) >= 11 is 4.28. The van der Waals surface area contributed by atoms with Crippen molar-refractivity contribution in [2.75, 3.05) is 12.3 Å². The van der Waals surface area contributed by atoms with E-state index in [9.17, 15) is 14.4 Å². The predicted molar refractivity (Wildman–Crippen MR) is 131 cm³/mol. The summed E-state index contributed by atoms with van der Waals surface area (Å²) in [6.07, 6.45) is -0.0600. The van der Waals surface area contributed by atoms with Gasteiger partial charge in [-0.3, -0.25) is 9.59 Å². The molecule has 7 nitrogen and oxygen atoms in total. The standard InChI is InChI=1S/C24H39N3O4S/c1-9-14-27(21(29)18(15-32)25-22(30)31-24(6,7)8)19(20(28)26-23(3,4)5)17-12-10-16(2)11-13-17/h10-13,18-19,32H,9,14-15H2,1-8H3,(H,25,30)(H,26,28). The van der Waals surface area contributed by atoms with Gasteiger partial charge in [-0.25, -0.2) is 4.79 Å². The van der Waals surface area contributed by atoms with Gasteiger partial charge < -0.3 is 20.3 Å². The molecule has 0 saturated heterocycles. The fourth-order valence-electron chi connectivity index (χ4n) is 3.10. The lowest BCUT2D eigenvalue weighted by molar-refractivity contribution is -0.142. The minimum atomic E-state index is -0.935. The summed E-state index contributed by atoms with van der Waals surface area (Å²) in [5.74, 6) is -0.597. The van der Waals surface area contributed by atoms with Gasteiger partial charge in [0.05, 0.1) is 0 Å². The number of amides is 3. The van der Waals surface area contributed by atoms with E-state index in [0.717, 1.165) is 5.56 Å². The summed E-state index contributed by atoms with van der Waals surface area (Å²) in [5, 5.41) is 5.59. The highest BCUT2D eigenvalue weighted by Crippen LogP contribution is 2.24.